The third-order valence-electron chi connectivity index (χ3n) is 3.10. The van der Waals surface area contributed by atoms with Crippen molar-refractivity contribution in [3.05, 3.63) is 0 Å². The van der Waals surface area contributed by atoms with Crippen molar-refractivity contribution in [2.24, 2.45) is 5.41 Å². The van der Waals surface area contributed by atoms with Crippen molar-refractivity contribution >= 4 is 28.5 Å². The Morgan fingerprint density at radius 2 is 2.00 bits per heavy atom. The molecule has 1 rings (SSSR count). The summed E-state index contributed by atoms with van der Waals surface area (Å²) in [5, 5.41) is 3.05. The Morgan fingerprint density at radius 3 is 2.57 bits per heavy atom. The topological polar surface area (TPSA) is 29.1 Å². The summed E-state index contributed by atoms with van der Waals surface area (Å²) >= 11 is 2.34. The highest BCUT2D eigenvalue weighted by atomic mass is 127. The van der Waals surface area contributed by atoms with Crippen LogP contribution in [0, 0.1) is 5.41 Å². The van der Waals surface area contributed by atoms with E-state index in [1.807, 2.05) is 0 Å². The highest BCUT2D eigenvalue weighted by Crippen LogP contribution is 2.35. The fraction of sp³-hybridized carbons (Fsp3) is 0.909. The average Bonchev–Trinajstić information content (AvgIpc) is 2.19. The first-order valence-electron chi connectivity index (χ1n) is 5.53. The molecule has 3 heteroatoms. The number of nitrogens with one attached hydrogen (secondary N) is 1. The Balaban J connectivity index is 2.33. The summed E-state index contributed by atoms with van der Waals surface area (Å²) in [6, 6.07) is 0. The van der Waals surface area contributed by atoms with Gasteiger partial charge in [0.05, 0.1) is 0 Å². The maximum absolute atomic E-state index is 11.9. The average molecular weight is 309 g/mol. The first-order valence-corrected chi connectivity index (χ1v) is 7.06. The van der Waals surface area contributed by atoms with E-state index in [0.717, 1.165) is 30.2 Å². The first-order chi connectivity index (χ1) is 6.69. The summed E-state index contributed by atoms with van der Waals surface area (Å²) in [4.78, 5) is 11.9. The summed E-state index contributed by atoms with van der Waals surface area (Å²) in [6.45, 7) is 2.96. The zero-order valence-electron chi connectivity index (χ0n) is 8.94. The number of amides is 1. The van der Waals surface area contributed by atoms with Gasteiger partial charge in [0, 0.05) is 16.4 Å². The van der Waals surface area contributed by atoms with Gasteiger partial charge in [-0.1, -0.05) is 48.8 Å². The molecule has 0 aromatic carbocycles. The Morgan fingerprint density at radius 1 is 1.36 bits per heavy atom. The molecule has 0 unspecified atom stereocenters. The lowest BCUT2D eigenvalue weighted by Crippen LogP contribution is -2.40. The van der Waals surface area contributed by atoms with Gasteiger partial charge in [0.2, 0.25) is 5.91 Å². The maximum Gasteiger partial charge on any atom is 0.225 e. The second-order valence-electron chi connectivity index (χ2n) is 4.42. The van der Waals surface area contributed by atoms with Crippen molar-refractivity contribution in [1.82, 2.24) is 5.32 Å². The van der Waals surface area contributed by atoms with E-state index in [1.165, 1.54) is 19.3 Å². The monoisotopic (exact) mass is 309 g/mol. The van der Waals surface area contributed by atoms with Crippen LogP contribution in [0.3, 0.4) is 0 Å². The van der Waals surface area contributed by atoms with Crippen molar-refractivity contribution in [2.45, 2.75) is 45.4 Å². The number of rotatable bonds is 4. The van der Waals surface area contributed by atoms with Crippen LogP contribution in [0.5, 0.6) is 0 Å². The molecule has 0 aliphatic heterocycles. The van der Waals surface area contributed by atoms with Crippen molar-refractivity contribution in [1.29, 1.82) is 0 Å². The predicted molar refractivity (Wildman–Crippen MR) is 67.7 cm³/mol. The van der Waals surface area contributed by atoms with Gasteiger partial charge in [0.25, 0.3) is 0 Å². The highest BCUT2D eigenvalue weighted by Gasteiger charge is 2.33. The molecular weight excluding hydrogens is 289 g/mol. The summed E-state index contributed by atoms with van der Waals surface area (Å²) < 4.78 is 1.12. The summed E-state index contributed by atoms with van der Waals surface area (Å²) in [6.07, 6.45) is 6.97. The van der Waals surface area contributed by atoms with Gasteiger partial charge in [0.1, 0.15) is 0 Å². The van der Waals surface area contributed by atoms with E-state index in [1.54, 1.807) is 0 Å². The van der Waals surface area contributed by atoms with E-state index < -0.39 is 0 Å². The minimum absolute atomic E-state index is 0.0659. The Kier molecular flexibility index (Phi) is 5.20. The second kappa shape index (κ2) is 5.93. The van der Waals surface area contributed by atoms with E-state index in [2.05, 4.69) is 34.8 Å². The van der Waals surface area contributed by atoms with Crippen LogP contribution >= 0.6 is 22.6 Å². The lowest BCUT2D eigenvalue weighted by Gasteiger charge is -2.31. The molecule has 0 heterocycles. The summed E-state index contributed by atoms with van der Waals surface area (Å²) in [5.74, 6) is 0.280. The minimum Gasteiger partial charge on any atom is -0.356 e. The van der Waals surface area contributed by atoms with Crippen LogP contribution in [-0.4, -0.2) is 16.9 Å². The molecule has 1 aliphatic carbocycles. The van der Waals surface area contributed by atoms with Gasteiger partial charge < -0.3 is 5.32 Å². The maximum atomic E-state index is 11.9. The number of halogens is 1. The van der Waals surface area contributed by atoms with Crippen molar-refractivity contribution in [2.75, 3.05) is 11.0 Å². The number of alkyl halides is 1. The van der Waals surface area contributed by atoms with E-state index in [4.69, 9.17) is 0 Å². The Bertz CT molecular complexity index is 188. The van der Waals surface area contributed by atoms with E-state index in [0.29, 0.717) is 0 Å². The van der Waals surface area contributed by atoms with E-state index in [-0.39, 0.29) is 11.3 Å². The molecule has 2 nitrogen and oxygen atoms in total. The largest absolute Gasteiger partial charge is 0.356 e. The molecule has 1 saturated carbocycles. The quantitative estimate of drug-likeness (QED) is 0.483. The van der Waals surface area contributed by atoms with Crippen molar-refractivity contribution in [3.8, 4) is 0 Å². The standard InChI is InChI=1S/C11H20INO/c1-11(6-3-2-4-7-11)10(14)13-9-5-8-12/h2-9H2,1H3,(H,13,14). The molecule has 0 spiro atoms. The number of hydrogen-bond acceptors (Lipinski definition) is 1. The molecule has 14 heavy (non-hydrogen) atoms. The van der Waals surface area contributed by atoms with Crippen LogP contribution < -0.4 is 5.32 Å². The third-order valence-corrected chi connectivity index (χ3v) is 3.86. The smallest absolute Gasteiger partial charge is 0.225 e. The molecule has 1 aliphatic rings. The molecule has 1 amide bonds. The second-order valence-corrected chi connectivity index (χ2v) is 5.50. The Hall–Kier alpha value is 0.200. The van der Waals surface area contributed by atoms with Gasteiger partial charge in [-0.3, -0.25) is 4.79 Å². The van der Waals surface area contributed by atoms with Crippen LogP contribution in [0.25, 0.3) is 0 Å². The third kappa shape index (κ3) is 3.41. The van der Waals surface area contributed by atoms with Crippen LogP contribution in [0.2, 0.25) is 0 Å². The molecule has 1 N–H and O–H groups in total. The fourth-order valence-corrected chi connectivity index (χ4v) is 2.42. The van der Waals surface area contributed by atoms with Gasteiger partial charge in [0.15, 0.2) is 0 Å². The van der Waals surface area contributed by atoms with E-state index in [9.17, 15) is 4.79 Å². The SMILES string of the molecule is CC1(C(=O)NCCCI)CCCCC1. The lowest BCUT2D eigenvalue weighted by atomic mass is 9.75. The number of carbonyl (C=O) groups excluding carboxylic acids is 1. The zero-order valence-corrected chi connectivity index (χ0v) is 11.1. The lowest BCUT2D eigenvalue weighted by molar-refractivity contribution is -0.131. The first kappa shape index (κ1) is 12.3. The van der Waals surface area contributed by atoms with E-state index >= 15 is 0 Å². The molecule has 0 aromatic rings. The zero-order chi connectivity index (χ0) is 10.4. The number of carbonyl (C=O) groups is 1. The number of hydrogen-bond donors (Lipinski definition) is 1. The molecular formula is C11H20INO. The molecule has 1 fully saturated rings. The minimum atomic E-state index is -0.0659. The molecule has 0 radical (unpaired) electrons. The highest BCUT2D eigenvalue weighted by molar-refractivity contribution is 14.1. The molecule has 0 bridgehead atoms. The molecule has 0 aromatic heterocycles. The van der Waals surface area contributed by atoms with Gasteiger partial charge in [-0.2, -0.15) is 0 Å². The molecule has 0 saturated heterocycles. The van der Waals surface area contributed by atoms with Crippen molar-refractivity contribution in [3.63, 3.8) is 0 Å². The molecule has 82 valence electrons. The Labute approximate surface area is 100 Å². The summed E-state index contributed by atoms with van der Waals surface area (Å²) in [7, 11) is 0. The van der Waals surface area contributed by atoms with Crippen LogP contribution in [-0.2, 0) is 4.79 Å². The van der Waals surface area contributed by atoms with Gasteiger partial charge in [-0.15, -0.1) is 0 Å². The van der Waals surface area contributed by atoms with Gasteiger partial charge in [-0.25, -0.2) is 0 Å². The van der Waals surface area contributed by atoms with Crippen LogP contribution in [0.15, 0.2) is 0 Å². The normalized spacial score (nSPS) is 20.4. The van der Waals surface area contributed by atoms with Gasteiger partial charge >= 0.3 is 0 Å². The summed E-state index contributed by atoms with van der Waals surface area (Å²) in [5.41, 5.74) is -0.0659. The van der Waals surface area contributed by atoms with Crippen LogP contribution in [0.4, 0.5) is 0 Å². The van der Waals surface area contributed by atoms with Crippen LogP contribution in [0.1, 0.15) is 45.4 Å². The predicted octanol–water partition coefficient (Wildman–Crippen LogP) is 2.90. The van der Waals surface area contributed by atoms with Gasteiger partial charge in [-0.05, 0) is 19.3 Å². The van der Waals surface area contributed by atoms with Crippen molar-refractivity contribution < 1.29 is 4.79 Å². The molecule has 0 atom stereocenters. The fourth-order valence-electron chi connectivity index (χ4n) is 2.04.